The van der Waals surface area contributed by atoms with E-state index in [0.717, 1.165) is 16.6 Å². The molecule has 0 bridgehead atoms. The van der Waals surface area contributed by atoms with Gasteiger partial charge in [0.2, 0.25) is 10.0 Å². The summed E-state index contributed by atoms with van der Waals surface area (Å²) in [5, 5.41) is 4.08. The molecule has 3 N–H and O–H groups in total. The standard InChI is InChI=1S/C30H24FN5O4S/c1-3-41(38,39)36-24-15-27-21(28(30(37)32-2)29(40-27)17-8-10-19(31)11-9-17)13-20(24)23-14-25(34-16-33-23)26-12-18-6-4-5-7-22(18)35-26/h4-16,35-36H,3H2,1-2H3,(H,32,37). The highest BCUT2D eigenvalue weighted by Crippen LogP contribution is 2.40. The van der Waals surface area contributed by atoms with Gasteiger partial charge in [-0.3, -0.25) is 9.52 Å². The second-order valence-electron chi connectivity index (χ2n) is 9.35. The minimum atomic E-state index is -3.69. The number of nitrogens with one attached hydrogen (secondary N) is 3. The van der Waals surface area contributed by atoms with Crippen molar-refractivity contribution in [1.82, 2.24) is 20.3 Å². The van der Waals surface area contributed by atoms with Crippen LogP contribution in [0.3, 0.4) is 0 Å². The Bertz CT molecular complexity index is 2020. The Balaban J connectivity index is 1.58. The summed E-state index contributed by atoms with van der Waals surface area (Å²) >= 11 is 0. The first kappa shape index (κ1) is 26.2. The van der Waals surface area contributed by atoms with Crippen LogP contribution in [0.1, 0.15) is 17.3 Å². The maximum absolute atomic E-state index is 13.6. The number of para-hydroxylation sites is 1. The van der Waals surface area contributed by atoms with E-state index in [1.54, 1.807) is 12.1 Å². The second kappa shape index (κ2) is 10.2. The molecule has 0 fully saturated rings. The Kier molecular flexibility index (Phi) is 6.50. The fraction of sp³-hybridized carbons (Fsp3) is 0.100. The Morgan fingerprint density at radius 2 is 1.76 bits per heavy atom. The first-order valence-corrected chi connectivity index (χ1v) is 14.4. The molecule has 0 saturated carbocycles. The average molecular weight is 570 g/mol. The molecule has 0 unspecified atom stereocenters. The molecule has 41 heavy (non-hydrogen) atoms. The van der Waals surface area contributed by atoms with Crippen molar-refractivity contribution in [2.45, 2.75) is 6.92 Å². The summed E-state index contributed by atoms with van der Waals surface area (Å²) in [4.78, 5) is 25.3. The van der Waals surface area contributed by atoms with E-state index in [1.807, 2.05) is 30.3 Å². The predicted octanol–water partition coefficient (Wildman–Crippen LogP) is 5.97. The topological polar surface area (TPSA) is 130 Å². The number of aromatic amines is 1. The highest BCUT2D eigenvalue weighted by Gasteiger charge is 2.25. The van der Waals surface area contributed by atoms with Crippen molar-refractivity contribution in [3.63, 3.8) is 0 Å². The molecule has 6 rings (SSSR count). The number of hydrogen-bond donors (Lipinski definition) is 3. The molecular formula is C30H24FN5O4S. The lowest BCUT2D eigenvalue weighted by Crippen LogP contribution is -2.18. The van der Waals surface area contributed by atoms with Gasteiger partial charge in [0, 0.05) is 40.5 Å². The van der Waals surface area contributed by atoms with Gasteiger partial charge in [0.25, 0.3) is 5.91 Å². The summed E-state index contributed by atoms with van der Waals surface area (Å²) in [5.41, 5.74) is 4.37. The Hall–Kier alpha value is -5.03. The molecule has 0 spiro atoms. The van der Waals surface area contributed by atoms with Crippen LogP contribution in [0.15, 0.2) is 83.5 Å². The maximum atomic E-state index is 13.6. The molecule has 0 saturated heterocycles. The second-order valence-corrected chi connectivity index (χ2v) is 11.4. The Morgan fingerprint density at radius 3 is 2.49 bits per heavy atom. The Morgan fingerprint density at radius 1 is 1.00 bits per heavy atom. The molecule has 0 aliphatic heterocycles. The van der Waals surface area contributed by atoms with E-state index in [2.05, 4.69) is 25.0 Å². The van der Waals surface area contributed by atoms with Crippen LogP contribution < -0.4 is 10.0 Å². The molecule has 0 aliphatic carbocycles. The smallest absolute Gasteiger partial charge is 0.255 e. The molecule has 3 aromatic carbocycles. The van der Waals surface area contributed by atoms with Gasteiger partial charge in [0.1, 0.15) is 23.5 Å². The lowest BCUT2D eigenvalue weighted by atomic mass is 10.0. The van der Waals surface area contributed by atoms with Crippen molar-refractivity contribution in [2.24, 2.45) is 0 Å². The van der Waals surface area contributed by atoms with Crippen LogP contribution in [-0.4, -0.2) is 42.1 Å². The summed E-state index contributed by atoms with van der Waals surface area (Å²) in [6.07, 6.45) is 1.40. The number of H-pyrrole nitrogens is 1. The monoisotopic (exact) mass is 569 g/mol. The third-order valence-electron chi connectivity index (χ3n) is 6.78. The molecule has 3 aromatic heterocycles. The van der Waals surface area contributed by atoms with Gasteiger partial charge >= 0.3 is 0 Å². The average Bonchev–Trinajstić information content (AvgIpc) is 3.58. The predicted molar refractivity (Wildman–Crippen MR) is 156 cm³/mol. The summed E-state index contributed by atoms with van der Waals surface area (Å²) in [5.74, 6) is -0.782. The molecule has 11 heteroatoms. The zero-order valence-electron chi connectivity index (χ0n) is 22.0. The SMILES string of the molecule is CCS(=O)(=O)Nc1cc2oc(-c3ccc(F)cc3)c(C(=O)NC)c2cc1-c1cc(-c2cc3ccccc3[nH]2)ncn1. The molecule has 6 aromatic rings. The molecule has 0 atom stereocenters. The maximum Gasteiger partial charge on any atom is 0.255 e. The molecule has 0 aliphatic rings. The first-order valence-electron chi connectivity index (χ1n) is 12.8. The number of amides is 1. The van der Waals surface area contributed by atoms with E-state index in [4.69, 9.17) is 4.42 Å². The van der Waals surface area contributed by atoms with Crippen molar-refractivity contribution in [1.29, 1.82) is 0 Å². The van der Waals surface area contributed by atoms with Crippen LogP contribution in [0.5, 0.6) is 0 Å². The molecule has 1 amide bonds. The number of anilines is 1. The molecular weight excluding hydrogens is 545 g/mol. The normalized spacial score (nSPS) is 11.7. The third kappa shape index (κ3) is 4.91. The fourth-order valence-corrected chi connectivity index (χ4v) is 5.35. The van der Waals surface area contributed by atoms with Gasteiger partial charge in [0.15, 0.2) is 0 Å². The number of fused-ring (bicyclic) bond motifs is 2. The summed E-state index contributed by atoms with van der Waals surface area (Å²) < 4.78 is 47.7. The van der Waals surface area contributed by atoms with Gasteiger partial charge in [0.05, 0.1) is 34.1 Å². The van der Waals surface area contributed by atoms with Crippen LogP contribution in [0.4, 0.5) is 10.1 Å². The van der Waals surface area contributed by atoms with Crippen molar-refractivity contribution in [2.75, 3.05) is 17.5 Å². The number of nitrogens with zero attached hydrogens (tertiary/aromatic N) is 2. The van der Waals surface area contributed by atoms with Crippen LogP contribution in [0.2, 0.25) is 0 Å². The van der Waals surface area contributed by atoms with Gasteiger partial charge < -0.3 is 14.7 Å². The quantitative estimate of drug-likeness (QED) is 0.217. The lowest BCUT2D eigenvalue weighted by molar-refractivity contribution is 0.0964. The van der Waals surface area contributed by atoms with Crippen molar-refractivity contribution >= 4 is 43.5 Å². The number of aromatic nitrogens is 3. The van der Waals surface area contributed by atoms with Gasteiger partial charge in [-0.25, -0.2) is 22.8 Å². The molecule has 0 radical (unpaired) electrons. The number of hydrogen-bond acceptors (Lipinski definition) is 6. The van der Waals surface area contributed by atoms with Gasteiger partial charge in [-0.05, 0) is 55.5 Å². The van der Waals surface area contributed by atoms with Gasteiger partial charge in [-0.1, -0.05) is 18.2 Å². The molecule has 3 heterocycles. The highest BCUT2D eigenvalue weighted by molar-refractivity contribution is 7.92. The summed E-state index contributed by atoms with van der Waals surface area (Å²) in [6, 6.07) is 20.3. The number of carbonyl (C=O) groups excluding carboxylic acids is 1. The zero-order valence-corrected chi connectivity index (χ0v) is 22.8. The number of carbonyl (C=O) groups is 1. The van der Waals surface area contributed by atoms with E-state index in [-0.39, 0.29) is 28.3 Å². The number of sulfonamides is 1. The number of furan rings is 1. The van der Waals surface area contributed by atoms with Crippen LogP contribution in [-0.2, 0) is 10.0 Å². The molecule has 9 nitrogen and oxygen atoms in total. The number of benzene rings is 3. The van der Waals surface area contributed by atoms with E-state index >= 15 is 0 Å². The summed E-state index contributed by atoms with van der Waals surface area (Å²) in [6.45, 7) is 1.53. The Labute approximate surface area is 234 Å². The van der Waals surface area contributed by atoms with Crippen LogP contribution in [0.25, 0.3) is 55.8 Å². The minimum absolute atomic E-state index is 0.156. The van der Waals surface area contributed by atoms with E-state index in [1.165, 1.54) is 50.6 Å². The zero-order chi connectivity index (χ0) is 28.7. The van der Waals surface area contributed by atoms with Crippen molar-refractivity contribution in [3.8, 4) is 34.0 Å². The number of rotatable bonds is 7. The van der Waals surface area contributed by atoms with E-state index in [0.29, 0.717) is 27.9 Å². The van der Waals surface area contributed by atoms with Crippen molar-refractivity contribution in [3.05, 3.63) is 90.5 Å². The minimum Gasteiger partial charge on any atom is -0.455 e. The lowest BCUT2D eigenvalue weighted by Gasteiger charge is -2.12. The highest BCUT2D eigenvalue weighted by atomic mass is 32.2. The summed E-state index contributed by atoms with van der Waals surface area (Å²) in [7, 11) is -2.20. The van der Waals surface area contributed by atoms with Crippen LogP contribution in [0, 0.1) is 5.82 Å². The number of halogens is 1. The van der Waals surface area contributed by atoms with Crippen LogP contribution >= 0.6 is 0 Å². The van der Waals surface area contributed by atoms with E-state index < -0.39 is 21.7 Å². The first-order chi connectivity index (χ1) is 19.8. The van der Waals surface area contributed by atoms with Gasteiger partial charge in [-0.2, -0.15) is 0 Å². The largest absolute Gasteiger partial charge is 0.455 e. The molecule has 206 valence electrons. The third-order valence-corrected chi connectivity index (χ3v) is 8.07. The van der Waals surface area contributed by atoms with Gasteiger partial charge in [-0.15, -0.1) is 0 Å². The van der Waals surface area contributed by atoms with Crippen molar-refractivity contribution < 1.29 is 22.0 Å². The fourth-order valence-electron chi connectivity index (χ4n) is 4.70. The van der Waals surface area contributed by atoms with E-state index in [9.17, 15) is 17.6 Å².